The maximum Gasteiger partial charge on any atom is 0.200 e. The number of aliphatic hydroxyl groups excluding tert-OH is 1. The Morgan fingerprint density at radius 3 is 2.50 bits per heavy atom. The van der Waals surface area contributed by atoms with Gasteiger partial charge in [-0.25, -0.2) is 4.39 Å². The van der Waals surface area contributed by atoms with E-state index >= 15 is 0 Å². The topological polar surface area (TPSA) is 66.5 Å². The third-order valence-corrected chi connectivity index (χ3v) is 1.90. The lowest BCUT2D eigenvalue weighted by molar-refractivity contribution is 0.276. The molecule has 0 saturated carbocycles. The number of benzene rings is 1. The minimum Gasteiger partial charge on any atom is -0.505 e. The van der Waals surface area contributed by atoms with Crippen LogP contribution in [0.25, 0.3) is 0 Å². The summed E-state index contributed by atoms with van der Waals surface area (Å²) < 4.78 is 25.4. The summed E-state index contributed by atoms with van der Waals surface area (Å²) in [7, 11) is 0. The SMILES string of the molecule is NC(CCO)c1cc(O)c(F)c(F)c1. The lowest BCUT2D eigenvalue weighted by Crippen LogP contribution is -2.12. The van der Waals surface area contributed by atoms with Crippen LogP contribution in [-0.4, -0.2) is 16.8 Å². The Kier molecular flexibility index (Phi) is 3.38. The minimum absolute atomic E-state index is 0.152. The number of nitrogens with two attached hydrogens (primary N) is 1. The zero-order valence-corrected chi connectivity index (χ0v) is 7.37. The minimum atomic E-state index is -1.29. The second-order valence-corrected chi connectivity index (χ2v) is 2.95. The summed E-state index contributed by atoms with van der Waals surface area (Å²) in [5.41, 5.74) is 5.79. The average Bonchev–Trinajstić information content (AvgIpc) is 2.13. The normalized spacial score (nSPS) is 12.9. The van der Waals surface area contributed by atoms with Crippen LogP contribution in [0.2, 0.25) is 0 Å². The molecule has 4 N–H and O–H groups in total. The molecule has 5 heteroatoms. The van der Waals surface area contributed by atoms with Crippen molar-refractivity contribution in [3.05, 3.63) is 29.3 Å². The highest BCUT2D eigenvalue weighted by molar-refractivity contribution is 5.31. The van der Waals surface area contributed by atoms with E-state index in [1.54, 1.807) is 0 Å². The van der Waals surface area contributed by atoms with E-state index in [4.69, 9.17) is 15.9 Å². The largest absolute Gasteiger partial charge is 0.505 e. The predicted octanol–water partition coefficient (Wildman–Crippen LogP) is 1.05. The summed E-state index contributed by atoms with van der Waals surface area (Å²) in [5.74, 6) is -3.20. The lowest BCUT2D eigenvalue weighted by atomic mass is 10.0. The Morgan fingerprint density at radius 1 is 1.36 bits per heavy atom. The van der Waals surface area contributed by atoms with Gasteiger partial charge in [-0.3, -0.25) is 0 Å². The highest BCUT2D eigenvalue weighted by atomic mass is 19.2. The van der Waals surface area contributed by atoms with Crippen LogP contribution in [0.5, 0.6) is 5.75 Å². The summed E-state index contributed by atoms with van der Waals surface area (Å²) in [6.07, 6.45) is 0.227. The van der Waals surface area contributed by atoms with Crippen molar-refractivity contribution in [2.45, 2.75) is 12.5 Å². The first-order valence-corrected chi connectivity index (χ1v) is 4.10. The van der Waals surface area contributed by atoms with Crippen LogP contribution < -0.4 is 5.73 Å². The zero-order chi connectivity index (χ0) is 10.7. The molecular formula is C9H11F2NO2. The molecule has 0 spiro atoms. The van der Waals surface area contributed by atoms with Crippen molar-refractivity contribution in [1.29, 1.82) is 0 Å². The fourth-order valence-corrected chi connectivity index (χ4v) is 1.11. The standard InChI is InChI=1S/C9H11F2NO2/c10-6-3-5(7(12)1-2-13)4-8(14)9(6)11/h3-4,7,13-14H,1-2,12H2. The molecule has 14 heavy (non-hydrogen) atoms. The molecule has 1 atom stereocenters. The lowest BCUT2D eigenvalue weighted by Gasteiger charge is -2.11. The van der Waals surface area contributed by atoms with Crippen LogP contribution in [0.4, 0.5) is 8.78 Å². The van der Waals surface area contributed by atoms with Crippen LogP contribution in [0, 0.1) is 11.6 Å². The van der Waals surface area contributed by atoms with Crippen LogP contribution in [0.15, 0.2) is 12.1 Å². The highest BCUT2D eigenvalue weighted by Crippen LogP contribution is 2.24. The smallest absolute Gasteiger partial charge is 0.200 e. The predicted molar refractivity (Wildman–Crippen MR) is 46.7 cm³/mol. The van der Waals surface area contributed by atoms with Crippen molar-refractivity contribution in [2.24, 2.45) is 5.73 Å². The van der Waals surface area contributed by atoms with Gasteiger partial charge in [0.25, 0.3) is 0 Å². The van der Waals surface area contributed by atoms with E-state index in [2.05, 4.69) is 0 Å². The fraction of sp³-hybridized carbons (Fsp3) is 0.333. The number of phenolic OH excluding ortho intramolecular Hbond substituents is 1. The van der Waals surface area contributed by atoms with Gasteiger partial charge in [0.2, 0.25) is 0 Å². The van der Waals surface area contributed by atoms with Crippen molar-refractivity contribution in [3.63, 3.8) is 0 Å². The van der Waals surface area contributed by atoms with Gasteiger partial charge in [-0.2, -0.15) is 4.39 Å². The molecule has 1 unspecified atom stereocenters. The van der Waals surface area contributed by atoms with Gasteiger partial charge in [-0.15, -0.1) is 0 Å². The summed E-state index contributed by atoms with van der Waals surface area (Å²) in [6.45, 7) is -0.152. The Morgan fingerprint density at radius 2 is 2.00 bits per heavy atom. The van der Waals surface area contributed by atoms with Gasteiger partial charge in [0, 0.05) is 12.6 Å². The van der Waals surface area contributed by atoms with Gasteiger partial charge in [0.05, 0.1) is 0 Å². The van der Waals surface area contributed by atoms with E-state index in [1.165, 1.54) is 0 Å². The van der Waals surface area contributed by atoms with Gasteiger partial charge in [0.1, 0.15) is 0 Å². The second-order valence-electron chi connectivity index (χ2n) is 2.95. The number of halogens is 2. The second kappa shape index (κ2) is 4.34. The van der Waals surface area contributed by atoms with E-state index in [0.29, 0.717) is 0 Å². The highest BCUT2D eigenvalue weighted by Gasteiger charge is 2.13. The molecule has 0 aliphatic carbocycles. The van der Waals surface area contributed by atoms with Gasteiger partial charge in [-0.05, 0) is 24.1 Å². The first-order chi connectivity index (χ1) is 6.56. The Balaban J connectivity index is 3.00. The maximum atomic E-state index is 12.8. The van der Waals surface area contributed by atoms with E-state index in [1.807, 2.05) is 0 Å². The molecule has 0 bridgehead atoms. The van der Waals surface area contributed by atoms with Crippen molar-refractivity contribution in [3.8, 4) is 5.75 Å². The van der Waals surface area contributed by atoms with Crippen molar-refractivity contribution in [1.82, 2.24) is 0 Å². The van der Waals surface area contributed by atoms with E-state index in [9.17, 15) is 8.78 Å². The molecule has 78 valence electrons. The first kappa shape index (κ1) is 10.9. The number of aliphatic hydroxyl groups is 1. The molecule has 3 nitrogen and oxygen atoms in total. The van der Waals surface area contributed by atoms with Crippen LogP contribution in [-0.2, 0) is 0 Å². The molecule has 0 fully saturated rings. The molecule has 1 rings (SSSR count). The molecule has 0 aromatic heterocycles. The number of phenols is 1. The fourth-order valence-electron chi connectivity index (χ4n) is 1.11. The van der Waals surface area contributed by atoms with Crippen molar-refractivity contribution < 1.29 is 19.0 Å². The molecule has 0 saturated heterocycles. The molecular weight excluding hydrogens is 192 g/mol. The summed E-state index contributed by atoms with van der Waals surface area (Å²) in [4.78, 5) is 0. The Bertz CT molecular complexity index is 308. The summed E-state index contributed by atoms with van der Waals surface area (Å²) in [6, 6.07) is 1.36. The first-order valence-electron chi connectivity index (χ1n) is 4.10. The Labute approximate surface area is 79.8 Å². The van der Waals surface area contributed by atoms with Crippen molar-refractivity contribution >= 4 is 0 Å². The van der Waals surface area contributed by atoms with Gasteiger partial charge >= 0.3 is 0 Å². The maximum absolute atomic E-state index is 12.8. The number of rotatable bonds is 3. The van der Waals surface area contributed by atoms with Crippen LogP contribution in [0.3, 0.4) is 0 Å². The van der Waals surface area contributed by atoms with E-state index in [-0.39, 0.29) is 18.6 Å². The Hall–Kier alpha value is -1.20. The molecule has 1 aromatic carbocycles. The van der Waals surface area contributed by atoms with Crippen molar-refractivity contribution in [2.75, 3.05) is 6.61 Å². The molecule has 0 amide bonds. The quantitative estimate of drug-likeness (QED) is 0.688. The third kappa shape index (κ3) is 2.18. The van der Waals surface area contributed by atoms with Crippen LogP contribution >= 0.6 is 0 Å². The van der Waals surface area contributed by atoms with Gasteiger partial charge in [-0.1, -0.05) is 0 Å². The van der Waals surface area contributed by atoms with Crippen LogP contribution in [0.1, 0.15) is 18.0 Å². The molecule has 1 aromatic rings. The molecule has 0 radical (unpaired) electrons. The van der Waals surface area contributed by atoms with Gasteiger partial charge < -0.3 is 15.9 Å². The molecule has 0 aliphatic heterocycles. The number of aromatic hydroxyl groups is 1. The third-order valence-electron chi connectivity index (χ3n) is 1.90. The number of hydrogen-bond acceptors (Lipinski definition) is 3. The monoisotopic (exact) mass is 203 g/mol. The average molecular weight is 203 g/mol. The number of hydrogen-bond donors (Lipinski definition) is 3. The van der Waals surface area contributed by atoms with E-state index < -0.39 is 23.4 Å². The van der Waals surface area contributed by atoms with E-state index in [0.717, 1.165) is 12.1 Å². The summed E-state index contributed by atoms with van der Waals surface area (Å²) >= 11 is 0. The summed E-state index contributed by atoms with van der Waals surface area (Å²) in [5, 5.41) is 17.5. The zero-order valence-electron chi connectivity index (χ0n) is 7.37. The molecule has 0 aliphatic rings. The molecule has 0 heterocycles. The van der Waals surface area contributed by atoms with Gasteiger partial charge in [0.15, 0.2) is 17.4 Å².